The number of hydrogen-bond donors (Lipinski definition) is 4. The van der Waals surface area contributed by atoms with Gasteiger partial charge >= 0.3 is 0 Å². The van der Waals surface area contributed by atoms with Crippen molar-refractivity contribution in [3.63, 3.8) is 0 Å². The Labute approximate surface area is 200 Å². The Kier molecular flexibility index (Phi) is 7.23. The van der Waals surface area contributed by atoms with E-state index in [0.717, 1.165) is 29.8 Å². The summed E-state index contributed by atoms with van der Waals surface area (Å²) >= 11 is 6.14. The number of benzene rings is 1. The molecule has 34 heavy (non-hydrogen) atoms. The van der Waals surface area contributed by atoms with Gasteiger partial charge in [0.2, 0.25) is 11.9 Å². The monoisotopic (exact) mass is 482 g/mol. The molecule has 5 N–H and O–H groups in total. The largest absolute Gasteiger partial charge is 0.497 e. The number of nitrogens with two attached hydrogens (primary N) is 1. The van der Waals surface area contributed by atoms with Crippen molar-refractivity contribution in [2.24, 2.45) is 5.73 Å². The molecule has 11 nitrogen and oxygen atoms in total. The summed E-state index contributed by atoms with van der Waals surface area (Å²) in [6.45, 7) is 0.302. The molecule has 0 fully saturated rings. The first-order chi connectivity index (χ1) is 16.5. The molecular formula is C22H23ClN8O3. The van der Waals surface area contributed by atoms with Crippen LogP contribution in [0.15, 0.2) is 47.1 Å². The summed E-state index contributed by atoms with van der Waals surface area (Å²) in [4.78, 5) is 19.6. The summed E-state index contributed by atoms with van der Waals surface area (Å²) in [6, 6.07) is 11.0. The minimum absolute atomic E-state index is 0.0261. The first kappa shape index (κ1) is 23.1. The molecule has 1 amide bonds. The average molecular weight is 483 g/mol. The predicted molar refractivity (Wildman–Crippen MR) is 126 cm³/mol. The molecule has 0 aliphatic heterocycles. The molecule has 3 aromatic heterocycles. The van der Waals surface area contributed by atoms with Crippen molar-refractivity contribution in [3.8, 4) is 5.75 Å². The van der Waals surface area contributed by atoms with Crippen LogP contribution in [-0.4, -0.2) is 38.3 Å². The number of halogens is 1. The fourth-order valence-electron chi connectivity index (χ4n) is 3.23. The lowest BCUT2D eigenvalue weighted by Gasteiger charge is -2.05. The number of rotatable bonds is 11. The third kappa shape index (κ3) is 6.45. The molecule has 4 aromatic rings. The molecule has 4 rings (SSSR count). The van der Waals surface area contributed by atoms with Gasteiger partial charge in [0, 0.05) is 29.0 Å². The Morgan fingerprint density at radius 2 is 2.09 bits per heavy atom. The van der Waals surface area contributed by atoms with E-state index in [4.69, 9.17) is 26.6 Å². The molecule has 0 saturated carbocycles. The zero-order chi connectivity index (χ0) is 23.9. The van der Waals surface area contributed by atoms with Crippen LogP contribution >= 0.6 is 11.6 Å². The number of hydrogen-bond acceptors (Lipinski definition) is 9. The number of H-pyrrole nitrogens is 1. The quantitative estimate of drug-likeness (QED) is 0.252. The second-order valence-electron chi connectivity index (χ2n) is 7.45. The predicted octanol–water partition coefficient (Wildman–Crippen LogP) is 3.02. The van der Waals surface area contributed by atoms with Crippen LogP contribution in [0.4, 0.5) is 17.6 Å². The van der Waals surface area contributed by atoms with Gasteiger partial charge in [-0.15, -0.1) is 0 Å². The summed E-state index contributed by atoms with van der Waals surface area (Å²) in [7, 11) is 1.62. The van der Waals surface area contributed by atoms with E-state index in [0.29, 0.717) is 40.6 Å². The van der Waals surface area contributed by atoms with Crippen LogP contribution in [0.5, 0.6) is 5.75 Å². The number of nitrogens with one attached hydrogen (secondary N) is 3. The van der Waals surface area contributed by atoms with E-state index in [2.05, 4.69) is 36.0 Å². The van der Waals surface area contributed by atoms with Gasteiger partial charge in [0.05, 0.1) is 25.8 Å². The summed E-state index contributed by atoms with van der Waals surface area (Å²) in [5, 5.41) is 18.0. The number of methoxy groups -OCH3 is 1. The van der Waals surface area contributed by atoms with Gasteiger partial charge in [-0.25, -0.2) is 4.98 Å². The zero-order valence-electron chi connectivity index (χ0n) is 18.3. The Morgan fingerprint density at radius 3 is 2.91 bits per heavy atom. The SMILES string of the molecule is COc1cc(Cl)cc(CCc2cc(Nc3ccnc(NCc4cc(CC(N)=O)no4)n3)n[nH]2)c1. The number of carbonyl (C=O) groups is 1. The summed E-state index contributed by atoms with van der Waals surface area (Å²) in [5.74, 6) is 2.39. The summed E-state index contributed by atoms with van der Waals surface area (Å²) in [6.07, 6.45) is 3.18. The Morgan fingerprint density at radius 1 is 1.21 bits per heavy atom. The van der Waals surface area contributed by atoms with Crippen LogP contribution in [0.3, 0.4) is 0 Å². The van der Waals surface area contributed by atoms with Gasteiger partial charge in [0.1, 0.15) is 11.6 Å². The second kappa shape index (κ2) is 10.7. The number of amides is 1. The van der Waals surface area contributed by atoms with Crippen LogP contribution in [-0.2, 0) is 30.6 Å². The molecule has 176 valence electrons. The van der Waals surface area contributed by atoms with Crippen LogP contribution in [0, 0.1) is 0 Å². The summed E-state index contributed by atoms with van der Waals surface area (Å²) < 4.78 is 10.4. The standard InChI is InChI=1S/C22H23ClN8O3/c1-33-17-7-13(6-14(23)8-17)2-3-15-11-21(30-29-15)27-20-4-5-25-22(28-20)26-12-18-9-16(31-34-18)10-19(24)32/h4-9,11H,2-3,10,12H2,1H3,(H2,24,32)(H3,25,26,27,28,29,30). The van der Waals surface area contributed by atoms with E-state index in [1.54, 1.807) is 31.5 Å². The molecular weight excluding hydrogens is 460 g/mol. The highest BCUT2D eigenvalue weighted by Crippen LogP contribution is 2.22. The van der Waals surface area contributed by atoms with Crippen LogP contribution < -0.4 is 21.1 Å². The molecule has 12 heteroatoms. The number of aromatic amines is 1. The van der Waals surface area contributed by atoms with Crippen molar-refractivity contribution in [1.82, 2.24) is 25.3 Å². The number of aromatic nitrogens is 5. The third-order valence-corrected chi connectivity index (χ3v) is 4.99. The molecule has 0 spiro atoms. The van der Waals surface area contributed by atoms with E-state index in [9.17, 15) is 4.79 Å². The molecule has 3 heterocycles. The van der Waals surface area contributed by atoms with Gasteiger partial charge in [-0.1, -0.05) is 16.8 Å². The maximum absolute atomic E-state index is 11.0. The maximum atomic E-state index is 11.0. The van der Waals surface area contributed by atoms with Gasteiger partial charge in [-0.05, 0) is 42.7 Å². The minimum atomic E-state index is -0.471. The van der Waals surface area contributed by atoms with Gasteiger partial charge in [-0.3, -0.25) is 9.89 Å². The molecule has 0 atom stereocenters. The number of ether oxygens (including phenoxy) is 1. The number of aryl methyl sites for hydroxylation is 2. The van der Waals surface area contributed by atoms with Crippen molar-refractivity contribution < 1.29 is 14.1 Å². The molecule has 1 aromatic carbocycles. The Balaban J connectivity index is 1.31. The van der Waals surface area contributed by atoms with E-state index in [1.807, 2.05) is 18.2 Å². The average Bonchev–Trinajstić information content (AvgIpc) is 3.45. The highest BCUT2D eigenvalue weighted by Gasteiger charge is 2.09. The van der Waals surface area contributed by atoms with E-state index >= 15 is 0 Å². The van der Waals surface area contributed by atoms with E-state index in [-0.39, 0.29) is 6.42 Å². The molecule has 0 aliphatic rings. The number of anilines is 3. The highest BCUT2D eigenvalue weighted by molar-refractivity contribution is 6.30. The smallest absolute Gasteiger partial charge is 0.224 e. The van der Waals surface area contributed by atoms with Crippen molar-refractivity contribution in [2.75, 3.05) is 17.7 Å². The highest BCUT2D eigenvalue weighted by atomic mass is 35.5. The first-order valence-corrected chi connectivity index (χ1v) is 10.8. The maximum Gasteiger partial charge on any atom is 0.224 e. The van der Waals surface area contributed by atoms with E-state index < -0.39 is 5.91 Å². The molecule has 0 saturated heterocycles. The normalized spacial score (nSPS) is 10.8. The van der Waals surface area contributed by atoms with E-state index in [1.165, 1.54) is 0 Å². The van der Waals surface area contributed by atoms with Gasteiger partial charge in [0.15, 0.2) is 11.6 Å². The van der Waals surface area contributed by atoms with Gasteiger partial charge in [-0.2, -0.15) is 10.1 Å². The fraction of sp³-hybridized carbons (Fsp3) is 0.227. The van der Waals surface area contributed by atoms with Crippen LogP contribution in [0.2, 0.25) is 5.02 Å². The van der Waals surface area contributed by atoms with Gasteiger partial charge < -0.3 is 25.6 Å². The fourth-order valence-corrected chi connectivity index (χ4v) is 3.48. The zero-order valence-corrected chi connectivity index (χ0v) is 19.1. The molecule has 0 bridgehead atoms. The van der Waals surface area contributed by atoms with Crippen LogP contribution in [0.1, 0.15) is 22.7 Å². The lowest BCUT2D eigenvalue weighted by atomic mass is 10.1. The minimum Gasteiger partial charge on any atom is -0.497 e. The van der Waals surface area contributed by atoms with Crippen molar-refractivity contribution in [2.45, 2.75) is 25.8 Å². The van der Waals surface area contributed by atoms with Gasteiger partial charge in [0.25, 0.3) is 0 Å². The second-order valence-corrected chi connectivity index (χ2v) is 7.89. The topological polar surface area (TPSA) is 157 Å². The molecule has 0 unspecified atom stereocenters. The van der Waals surface area contributed by atoms with Crippen molar-refractivity contribution >= 4 is 35.1 Å². The lowest BCUT2D eigenvalue weighted by Crippen LogP contribution is -2.13. The summed E-state index contributed by atoms with van der Waals surface area (Å²) in [5.41, 5.74) is 7.68. The van der Waals surface area contributed by atoms with Crippen molar-refractivity contribution in [3.05, 3.63) is 70.3 Å². The Hall–Kier alpha value is -4.12. The first-order valence-electron chi connectivity index (χ1n) is 10.4. The van der Waals surface area contributed by atoms with Crippen LogP contribution in [0.25, 0.3) is 0 Å². The Bertz CT molecular complexity index is 1270. The molecule has 0 aliphatic carbocycles. The number of primary amides is 1. The number of nitrogens with zero attached hydrogens (tertiary/aromatic N) is 4. The number of carbonyl (C=O) groups excluding carboxylic acids is 1. The lowest BCUT2D eigenvalue weighted by molar-refractivity contribution is -0.117. The van der Waals surface area contributed by atoms with Crippen molar-refractivity contribution in [1.29, 1.82) is 0 Å². The third-order valence-electron chi connectivity index (χ3n) is 4.78. The molecule has 0 radical (unpaired) electrons.